The molecule has 9 nitrogen and oxygen atoms in total. The molecule has 180 valence electrons. The van der Waals surface area contributed by atoms with Crippen LogP contribution in [0, 0.1) is 0 Å². The number of hydrogen-bond donors (Lipinski definition) is 2. The maximum atomic E-state index is 13.0. The summed E-state index contributed by atoms with van der Waals surface area (Å²) in [7, 11) is 0. The zero-order chi connectivity index (χ0) is 24.8. The summed E-state index contributed by atoms with van der Waals surface area (Å²) in [6, 6.07) is 16.4. The summed E-state index contributed by atoms with van der Waals surface area (Å²) in [6.07, 6.45) is 4.79. The SMILES string of the molecule is CCCCCn1nc(C(=O)NNC(=O)c2cnn(-c3ccccc3)c2CC)c2ccccc2c1=O. The molecule has 9 heteroatoms. The molecule has 2 aromatic heterocycles. The van der Waals surface area contributed by atoms with Crippen molar-refractivity contribution in [2.24, 2.45) is 0 Å². The second kappa shape index (κ2) is 10.8. The van der Waals surface area contributed by atoms with Gasteiger partial charge in [0.15, 0.2) is 5.69 Å². The van der Waals surface area contributed by atoms with E-state index >= 15 is 0 Å². The van der Waals surface area contributed by atoms with Crippen LogP contribution in [0.25, 0.3) is 16.5 Å². The molecule has 0 aliphatic carbocycles. The Kier molecular flexibility index (Phi) is 7.35. The van der Waals surface area contributed by atoms with Crippen LogP contribution in [-0.2, 0) is 13.0 Å². The van der Waals surface area contributed by atoms with Crippen LogP contribution in [0.1, 0.15) is 59.7 Å². The van der Waals surface area contributed by atoms with Gasteiger partial charge in [0.25, 0.3) is 17.4 Å². The Bertz CT molecular complexity index is 1410. The first-order valence-corrected chi connectivity index (χ1v) is 11.8. The second-order valence-corrected chi connectivity index (χ2v) is 8.14. The first-order chi connectivity index (χ1) is 17.0. The fourth-order valence-electron chi connectivity index (χ4n) is 4.00. The third kappa shape index (κ3) is 4.98. The van der Waals surface area contributed by atoms with Gasteiger partial charge in [-0.2, -0.15) is 10.2 Å². The largest absolute Gasteiger partial charge is 0.290 e. The Morgan fingerprint density at radius 2 is 1.57 bits per heavy atom. The number of carbonyl (C=O) groups is 2. The smallest absolute Gasteiger partial charge is 0.267 e. The number of fused-ring (bicyclic) bond motifs is 1. The van der Waals surface area contributed by atoms with E-state index in [1.54, 1.807) is 28.9 Å². The van der Waals surface area contributed by atoms with Crippen LogP contribution in [0.5, 0.6) is 0 Å². The van der Waals surface area contributed by atoms with Gasteiger partial charge < -0.3 is 0 Å². The Morgan fingerprint density at radius 3 is 2.29 bits per heavy atom. The standard InChI is InChI=1S/C26H28N6O3/c1-3-5-11-16-31-26(35)20-15-10-9-14-19(20)23(30-31)25(34)29-28-24(33)21-17-27-32(22(21)4-2)18-12-7-6-8-13-18/h6-10,12-15,17H,3-5,11,16H2,1-2H3,(H,28,33)(H,29,34). The van der Waals surface area contributed by atoms with E-state index in [2.05, 4.69) is 28.0 Å². The quantitative estimate of drug-likeness (QED) is 0.302. The molecule has 0 radical (unpaired) electrons. The number of nitrogens with zero attached hydrogens (tertiary/aromatic N) is 4. The molecule has 0 aliphatic rings. The minimum Gasteiger partial charge on any atom is -0.267 e. The molecule has 0 fully saturated rings. The van der Waals surface area contributed by atoms with Crippen molar-refractivity contribution in [3.63, 3.8) is 0 Å². The number of hydrazine groups is 1. The molecule has 2 N–H and O–H groups in total. The third-order valence-corrected chi connectivity index (χ3v) is 5.79. The molecule has 4 aromatic rings. The lowest BCUT2D eigenvalue weighted by Crippen LogP contribution is -2.43. The minimum absolute atomic E-state index is 0.0766. The highest BCUT2D eigenvalue weighted by atomic mass is 16.2. The number of para-hydroxylation sites is 1. The zero-order valence-electron chi connectivity index (χ0n) is 19.8. The van der Waals surface area contributed by atoms with Crippen LogP contribution < -0.4 is 16.4 Å². The number of hydrogen-bond acceptors (Lipinski definition) is 5. The predicted octanol–water partition coefficient (Wildman–Crippen LogP) is 3.41. The van der Waals surface area contributed by atoms with E-state index in [9.17, 15) is 14.4 Å². The van der Waals surface area contributed by atoms with Gasteiger partial charge in [0, 0.05) is 11.9 Å². The molecule has 4 rings (SSSR count). The molecule has 0 spiro atoms. The Hall–Kier alpha value is -4.27. The van der Waals surface area contributed by atoms with Crippen LogP contribution in [-0.4, -0.2) is 31.4 Å². The number of amides is 2. The maximum Gasteiger partial charge on any atom is 0.290 e. The fraction of sp³-hybridized carbons (Fsp3) is 0.269. The third-order valence-electron chi connectivity index (χ3n) is 5.79. The molecule has 0 saturated carbocycles. The Balaban J connectivity index is 1.56. The summed E-state index contributed by atoms with van der Waals surface area (Å²) in [5, 5.41) is 9.52. The lowest BCUT2D eigenvalue weighted by Gasteiger charge is -2.12. The van der Waals surface area contributed by atoms with Crippen molar-refractivity contribution in [3.05, 3.63) is 88.1 Å². The normalized spacial score (nSPS) is 10.9. The van der Waals surface area contributed by atoms with E-state index in [0.29, 0.717) is 29.3 Å². The van der Waals surface area contributed by atoms with Gasteiger partial charge in [0.05, 0.1) is 28.5 Å². The van der Waals surface area contributed by atoms with E-state index in [1.165, 1.54) is 10.9 Å². The van der Waals surface area contributed by atoms with Gasteiger partial charge in [-0.1, -0.05) is 63.1 Å². The van der Waals surface area contributed by atoms with Gasteiger partial charge in [0.1, 0.15) is 0 Å². The minimum atomic E-state index is -0.604. The van der Waals surface area contributed by atoms with Gasteiger partial charge >= 0.3 is 0 Å². The lowest BCUT2D eigenvalue weighted by atomic mass is 10.1. The summed E-state index contributed by atoms with van der Waals surface area (Å²) in [4.78, 5) is 38.8. The van der Waals surface area contributed by atoms with E-state index in [1.807, 2.05) is 37.3 Å². The van der Waals surface area contributed by atoms with Gasteiger partial charge in [-0.3, -0.25) is 25.2 Å². The van der Waals surface area contributed by atoms with Crippen molar-refractivity contribution in [1.82, 2.24) is 30.4 Å². The van der Waals surface area contributed by atoms with Crippen LogP contribution in [0.3, 0.4) is 0 Å². The first kappa shape index (κ1) is 23.9. The number of carbonyl (C=O) groups excluding carboxylic acids is 2. The molecular formula is C26H28N6O3. The molecular weight excluding hydrogens is 444 g/mol. The zero-order valence-corrected chi connectivity index (χ0v) is 19.8. The highest BCUT2D eigenvalue weighted by Gasteiger charge is 2.20. The van der Waals surface area contributed by atoms with Crippen LogP contribution in [0.4, 0.5) is 0 Å². The van der Waals surface area contributed by atoms with Crippen molar-refractivity contribution >= 4 is 22.6 Å². The number of nitrogens with one attached hydrogen (secondary N) is 2. The van der Waals surface area contributed by atoms with Crippen LogP contribution >= 0.6 is 0 Å². The summed E-state index contributed by atoms with van der Waals surface area (Å²) in [5.74, 6) is -1.09. The molecule has 35 heavy (non-hydrogen) atoms. The van der Waals surface area contributed by atoms with Gasteiger partial charge in [-0.25, -0.2) is 9.36 Å². The van der Waals surface area contributed by atoms with E-state index in [0.717, 1.165) is 30.6 Å². The number of rotatable bonds is 8. The molecule has 0 saturated heterocycles. The molecule has 2 amide bonds. The first-order valence-electron chi connectivity index (χ1n) is 11.8. The Morgan fingerprint density at radius 1 is 0.886 bits per heavy atom. The average molecular weight is 473 g/mol. The number of aromatic nitrogens is 4. The monoisotopic (exact) mass is 472 g/mol. The van der Waals surface area contributed by atoms with Crippen molar-refractivity contribution < 1.29 is 9.59 Å². The lowest BCUT2D eigenvalue weighted by molar-refractivity contribution is 0.0843. The fourth-order valence-corrected chi connectivity index (χ4v) is 4.00. The molecule has 2 aromatic carbocycles. The highest BCUT2D eigenvalue weighted by Crippen LogP contribution is 2.16. The topological polar surface area (TPSA) is 111 Å². The summed E-state index contributed by atoms with van der Waals surface area (Å²) < 4.78 is 3.03. The van der Waals surface area contributed by atoms with Crippen molar-refractivity contribution in [1.29, 1.82) is 0 Å². The highest BCUT2D eigenvalue weighted by molar-refractivity contribution is 6.06. The molecule has 0 aliphatic heterocycles. The Labute approximate surface area is 202 Å². The van der Waals surface area contributed by atoms with Gasteiger partial charge in [-0.05, 0) is 31.0 Å². The molecule has 2 heterocycles. The summed E-state index contributed by atoms with van der Waals surface area (Å²) in [6.45, 7) is 4.43. The summed E-state index contributed by atoms with van der Waals surface area (Å²) in [5.41, 5.74) is 6.68. The molecule has 0 unspecified atom stereocenters. The van der Waals surface area contributed by atoms with E-state index < -0.39 is 11.8 Å². The van der Waals surface area contributed by atoms with Crippen molar-refractivity contribution in [2.75, 3.05) is 0 Å². The number of aryl methyl sites for hydroxylation is 1. The summed E-state index contributed by atoms with van der Waals surface area (Å²) >= 11 is 0. The molecule has 0 bridgehead atoms. The number of benzene rings is 2. The number of unbranched alkanes of at least 4 members (excludes halogenated alkanes) is 2. The van der Waals surface area contributed by atoms with E-state index in [4.69, 9.17) is 0 Å². The molecule has 0 atom stereocenters. The average Bonchev–Trinajstić information content (AvgIpc) is 3.33. The van der Waals surface area contributed by atoms with Crippen molar-refractivity contribution in [3.8, 4) is 5.69 Å². The maximum absolute atomic E-state index is 13.0. The van der Waals surface area contributed by atoms with Gasteiger partial charge in [-0.15, -0.1) is 0 Å². The predicted molar refractivity (Wildman–Crippen MR) is 133 cm³/mol. The van der Waals surface area contributed by atoms with Crippen LogP contribution in [0.15, 0.2) is 65.6 Å². The van der Waals surface area contributed by atoms with Crippen molar-refractivity contribution in [2.45, 2.75) is 46.1 Å². The van der Waals surface area contributed by atoms with Gasteiger partial charge in [0.2, 0.25) is 0 Å². The van der Waals surface area contributed by atoms with Crippen LogP contribution in [0.2, 0.25) is 0 Å². The second-order valence-electron chi connectivity index (χ2n) is 8.14. The van der Waals surface area contributed by atoms with E-state index in [-0.39, 0.29) is 11.3 Å².